The van der Waals surface area contributed by atoms with Crippen LogP contribution in [0, 0.1) is 11.7 Å². The molecule has 4 nitrogen and oxygen atoms in total. The van der Waals surface area contributed by atoms with Gasteiger partial charge in [-0.15, -0.1) is 0 Å². The van der Waals surface area contributed by atoms with E-state index in [2.05, 4.69) is 39.2 Å². The lowest BCUT2D eigenvalue weighted by Crippen LogP contribution is -2.23. The number of nitrogens with zero attached hydrogens (tertiary/aromatic N) is 1. The summed E-state index contributed by atoms with van der Waals surface area (Å²) in [4.78, 5) is 16.4. The molecule has 5 rings (SSSR count). The number of hydrogen-bond donors (Lipinski definition) is 1. The topological polar surface area (TPSA) is 55.1 Å². The fourth-order valence-electron chi connectivity index (χ4n) is 5.29. The Balaban J connectivity index is 1.25. The minimum Gasteiger partial charge on any atom is -0.423 e. The lowest BCUT2D eigenvalue weighted by Gasteiger charge is -2.31. The van der Waals surface area contributed by atoms with Gasteiger partial charge in [0, 0.05) is 33.6 Å². The van der Waals surface area contributed by atoms with Crippen molar-refractivity contribution in [1.82, 2.24) is 4.98 Å². The van der Waals surface area contributed by atoms with E-state index in [1.54, 1.807) is 12.1 Å². The first-order chi connectivity index (χ1) is 16.0. The van der Waals surface area contributed by atoms with E-state index in [-0.39, 0.29) is 17.5 Å². The van der Waals surface area contributed by atoms with E-state index in [1.165, 1.54) is 17.7 Å². The first kappa shape index (κ1) is 22.1. The van der Waals surface area contributed by atoms with E-state index < -0.39 is 0 Å². The highest BCUT2D eigenvalue weighted by atomic mass is 79.9. The molecule has 170 valence electrons. The molecule has 1 aliphatic rings. The van der Waals surface area contributed by atoms with Crippen LogP contribution in [0.1, 0.15) is 50.5 Å². The van der Waals surface area contributed by atoms with Gasteiger partial charge in [-0.05, 0) is 98.9 Å². The van der Waals surface area contributed by atoms with Crippen LogP contribution in [0.25, 0.3) is 21.9 Å². The number of hydrogen-bond acceptors (Lipinski definition) is 4. The van der Waals surface area contributed by atoms with E-state index in [0.717, 1.165) is 58.6 Å². The van der Waals surface area contributed by atoms with Crippen molar-refractivity contribution >= 4 is 43.5 Å². The second-order valence-electron chi connectivity index (χ2n) is 9.18. The van der Waals surface area contributed by atoms with Crippen LogP contribution in [0.5, 0.6) is 0 Å². The van der Waals surface area contributed by atoms with Crippen LogP contribution in [0.4, 0.5) is 10.1 Å². The monoisotopic (exact) mass is 508 g/mol. The summed E-state index contributed by atoms with van der Waals surface area (Å²) in [6.45, 7) is 2.17. The number of pyridine rings is 1. The summed E-state index contributed by atoms with van der Waals surface area (Å²) in [5, 5.41) is 5.39. The van der Waals surface area contributed by atoms with Crippen LogP contribution >= 0.6 is 15.9 Å². The number of anilines is 1. The third kappa shape index (κ3) is 4.81. The normalized spacial score (nSPS) is 19.6. The van der Waals surface area contributed by atoms with Gasteiger partial charge in [-0.2, -0.15) is 0 Å². The van der Waals surface area contributed by atoms with Crippen LogP contribution in [0.2, 0.25) is 0 Å². The SMILES string of the molecule is CC(CC1CCC(c2ccnc3ccc(F)cc23)CC1)Nc1cc(=O)oc2cc(Br)ccc12. The van der Waals surface area contributed by atoms with Gasteiger partial charge in [0.25, 0.3) is 0 Å². The number of halogens is 2. The van der Waals surface area contributed by atoms with E-state index in [4.69, 9.17) is 4.42 Å². The van der Waals surface area contributed by atoms with Crippen molar-refractivity contribution in [2.24, 2.45) is 5.92 Å². The summed E-state index contributed by atoms with van der Waals surface area (Å²) in [5.41, 5.74) is 3.13. The van der Waals surface area contributed by atoms with Gasteiger partial charge >= 0.3 is 5.63 Å². The summed E-state index contributed by atoms with van der Waals surface area (Å²) in [7, 11) is 0. The highest BCUT2D eigenvalue weighted by Gasteiger charge is 2.25. The van der Waals surface area contributed by atoms with Gasteiger partial charge in [0.1, 0.15) is 11.4 Å². The molecule has 2 aromatic heterocycles. The average molecular weight is 509 g/mol. The van der Waals surface area contributed by atoms with E-state index in [1.807, 2.05) is 24.4 Å². The summed E-state index contributed by atoms with van der Waals surface area (Å²) >= 11 is 3.43. The Morgan fingerprint density at radius 3 is 2.73 bits per heavy atom. The van der Waals surface area contributed by atoms with Gasteiger partial charge in [0.2, 0.25) is 0 Å². The molecule has 1 fully saturated rings. The van der Waals surface area contributed by atoms with Crippen LogP contribution in [0.3, 0.4) is 0 Å². The van der Waals surface area contributed by atoms with Crippen molar-refractivity contribution in [1.29, 1.82) is 0 Å². The molecule has 0 aliphatic heterocycles. The third-order valence-electron chi connectivity index (χ3n) is 6.82. The van der Waals surface area contributed by atoms with Crippen molar-refractivity contribution in [2.45, 2.75) is 51.0 Å². The summed E-state index contributed by atoms with van der Waals surface area (Å²) < 4.78 is 20.1. The van der Waals surface area contributed by atoms with Crippen molar-refractivity contribution in [3.63, 3.8) is 0 Å². The summed E-state index contributed by atoms with van der Waals surface area (Å²) in [6.07, 6.45) is 7.35. The minimum atomic E-state index is -0.350. The Morgan fingerprint density at radius 1 is 1.09 bits per heavy atom. The molecule has 1 N–H and O–H groups in total. The molecule has 0 amide bonds. The van der Waals surface area contributed by atoms with Crippen molar-refractivity contribution in [3.05, 3.63) is 81.0 Å². The van der Waals surface area contributed by atoms with E-state index in [9.17, 15) is 9.18 Å². The number of benzene rings is 2. The maximum atomic E-state index is 13.8. The van der Waals surface area contributed by atoms with Crippen LogP contribution < -0.4 is 10.9 Å². The number of nitrogens with one attached hydrogen (secondary N) is 1. The van der Waals surface area contributed by atoms with Gasteiger partial charge in [-0.25, -0.2) is 9.18 Å². The molecular formula is C27H26BrFN2O2. The van der Waals surface area contributed by atoms with Crippen LogP contribution in [-0.2, 0) is 0 Å². The second-order valence-corrected chi connectivity index (χ2v) is 10.1. The highest BCUT2D eigenvalue weighted by molar-refractivity contribution is 9.10. The Kier molecular flexibility index (Phi) is 6.19. The average Bonchev–Trinajstić information content (AvgIpc) is 2.78. The predicted octanol–water partition coefficient (Wildman–Crippen LogP) is 7.41. The molecule has 4 aromatic rings. The van der Waals surface area contributed by atoms with Crippen molar-refractivity contribution in [3.8, 4) is 0 Å². The molecule has 0 spiro atoms. The van der Waals surface area contributed by atoms with Gasteiger partial charge in [0.05, 0.1) is 11.2 Å². The summed E-state index contributed by atoms with van der Waals surface area (Å²) in [5.74, 6) is 0.854. The Bertz CT molecular complexity index is 1360. The zero-order valence-electron chi connectivity index (χ0n) is 18.5. The van der Waals surface area contributed by atoms with Gasteiger partial charge in [-0.1, -0.05) is 15.9 Å². The van der Waals surface area contributed by atoms with Crippen LogP contribution in [-0.4, -0.2) is 11.0 Å². The lowest BCUT2D eigenvalue weighted by molar-refractivity contribution is 0.302. The maximum absolute atomic E-state index is 13.8. The largest absolute Gasteiger partial charge is 0.423 e. The number of rotatable bonds is 5. The van der Waals surface area contributed by atoms with Crippen molar-refractivity contribution in [2.75, 3.05) is 5.32 Å². The molecule has 0 radical (unpaired) electrons. The smallest absolute Gasteiger partial charge is 0.338 e. The molecule has 0 bridgehead atoms. The van der Waals surface area contributed by atoms with E-state index in [0.29, 0.717) is 17.4 Å². The standard InChI is InChI=1S/C27H26BrFN2O2/c1-16(31-25-15-27(32)33-26-13-19(28)6-8-22(25)26)12-17-2-4-18(5-3-17)21-10-11-30-24-9-7-20(29)14-23(21)24/h6-11,13-18,31H,2-5,12H2,1H3. The first-order valence-electron chi connectivity index (χ1n) is 11.5. The molecule has 2 aromatic carbocycles. The minimum absolute atomic E-state index is 0.208. The van der Waals surface area contributed by atoms with Crippen molar-refractivity contribution < 1.29 is 8.81 Å². The Labute approximate surface area is 200 Å². The molecule has 1 unspecified atom stereocenters. The van der Waals surface area contributed by atoms with Gasteiger partial charge in [0.15, 0.2) is 0 Å². The molecule has 1 saturated carbocycles. The van der Waals surface area contributed by atoms with E-state index >= 15 is 0 Å². The highest BCUT2D eigenvalue weighted by Crippen LogP contribution is 2.40. The molecule has 0 saturated heterocycles. The molecule has 1 aliphatic carbocycles. The second kappa shape index (κ2) is 9.26. The Morgan fingerprint density at radius 2 is 1.91 bits per heavy atom. The molecule has 6 heteroatoms. The zero-order valence-corrected chi connectivity index (χ0v) is 20.1. The predicted molar refractivity (Wildman–Crippen MR) is 134 cm³/mol. The molecular weight excluding hydrogens is 483 g/mol. The quantitative estimate of drug-likeness (QED) is 0.285. The van der Waals surface area contributed by atoms with Gasteiger partial charge in [-0.3, -0.25) is 4.98 Å². The molecule has 33 heavy (non-hydrogen) atoms. The number of aromatic nitrogens is 1. The fourth-order valence-corrected chi connectivity index (χ4v) is 5.63. The van der Waals surface area contributed by atoms with Gasteiger partial charge < -0.3 is 9.73 Å². The Hall–Kier alpha value is -2.73. The summed E-state index contributed by atoms with van der Waals surface area (Å²) in [6, 6.07) is 14.4. The third-order valence-corrected chi connectivity index (χ3v) is 7.31. The zero-order chi connectivity index (χ0) is 22.9. The lowest BCUT2D eigenvalue weighted by atomic mass is 9.76. The van der Waals surface area contributed by atoms with Crippen LogP contribution in [0.15, 0.2) is 68.4 Å². The fraction of sp³-hybridized carbons (Fsp3) is 0.333. The molecule has 2 heterocycles. The number of fused-ring (bicyclic) bond motifs is 2. The maximum Gasteiger partial charge on any atom is 0.338 e. The molecule has 1 atom stereocenters. The first-order valence-corrected chi connectivity index (χ1v) is 12.3.